The molecule has 0 aliphatic heterocycles. The van der Waals surface area contributed by atoms with Crippen LogP contribution in [0, 0.1) is 10.1 Å². The normalized spacial score (nSPS) is 10.4. The van der Waals surface area contributed by atoms with E-state index in [9.17, 15) is 10.1 Å². The zero-order valence-corrected chi connectivity index (χ0v) is 8.85. The lowest BCUT2D eigenvalue weighted by atomic mass is 10.2. The Morgan fingerprint density at radius 2 is 2.29 bits per heavy atom. The van der Waals surface area contributed by atoms with Gasteiger partial charge in [-0.15, -0.1) is 5.10 Å². The molecule has 2 N–H and O–H groups in total. The van der Waals surface area contributed by atoms with E-state index < -0.39 is 4.92 Å². The van der Waals surface area contributed by atoms with Gasteiger partial charge >= 0.3 is 0 Å². The molecule has 1 aromatic heterocycles. The third-order valence-electron chi connectivity index (χ3n) is 2.19. The highest BCUT2D eigenvalue weighted by molar-refractivity contribution is 5.58. The molecule has 0 fully saturated rings. The van der Waals surface area contributed by atoms with E-state index in [1.54, 1.807) is 12.1 Å². The lowest BCUT2D eigenvalue weighted by Gasteiger charge is -2.02. The number of hydrogen-bond acceptors (Lipinski definition) is 6. The van der Waals surface area contributed by atoms with E-state index in [1.807, 2.05) is 0 Å². The van der Waals surface area contributed by atoms with Crippen LogP contribution in [0.2, 0.25) is 0 Å². The van der Waals surface area contributed by atoms with Crippen molar-refractivity contribution in [2.75, 3.05) is 6.54 Å². The lowest BCUT2D eigenvalue weighted by Crippen LogP contribution is -2.12. The minimum atomic E-state index is -0.458. The number of nitrogens with two attached hydrogens (primary N) is 1. The molecule has 88 valence electrons. The van der Waals surface area contributed by atoms with Gasteiger partial charge in [-0.25, -0.2) is 4.68 Å². The Balaban J connectivity index is 2.42. The molecule has 0 unspecified atom stereocenters. The number of nitro benzene ring substituents is 1. The lowest BCUT2D eigenvalue weighted by molar-refractivity contribution is -0.384. The fourth-order valence-electron chi connectivity index (χ4n) is 1.44. The molecule has 1 heterocycles. The van der Waals surface area contributed by atoms with Crippen molar-refractivity contribution in [2.24, 2.45) is 5.73 Å². The van der Waals surface area contributed by atoms with E-state index in [2.05, 4.69) is 15.5 Å². The number of aromatic nitrogens is 4. The Kier molecular flexibility index (Phi) is 3.06. The zero-order valence-electron chi connectivity index (χ0n) is 8.85. The average molecular weight is 234 g/mol. The van der Waals surface area contributed by atoms with Crippen LogP contribution in [-0.4, -0.2) is 31.7 Å². The maximum Gasteiger partial charge on any atom is 0.270 e. The number of nitrogens with zero attached hydrogens (tertiary/aromatic N) is 5. The van der Waals surface area contributed by atoms with E-state index in [0.717, 1.165) is 0 Å². The van der Waals surface area contributed by atoms with Crippen molar-refractivity contribution in [1.82, 2.24) is 20.2 Å². The fraction of sp³-hybridized carbons (Fsp3) is 0.222. The van der Waals surface area contributed by atoms with Crippen molar-refractivity contribution in [3.8, 4) is 11.4 Å². The van der Waals surface area contributed by atoms with E-state index in [4.69, 9.17) is 5.73 Å². The van der Waals surface area contributed by atoms with E-state index in [0.29, 0.717) is 24.5 Å². The predicted molar refractivity (Wildman–Crippen MR) is 59.0 cm³/mol. The van der Waals surface area contributed by atoms with Gasteiger partial charge in [0.05, 0.1) is 11.5 Å². The fourth-order valence-corrected chi connectivity index (χ4v) is 1.44. The summed E-state index contributed by atoms with van der Waals surface area (Å²) in [5.74, 6) is 0.471. The van der Waals surface area contributed by atoms with Crippen molar-refractivity contribution >= 4 is 5.69 Å². The molecule has 0 aliphatic carbocycles. The molecule has 0 saturated heterocycles. The third-order valence-corrected chi connectivity index (χ3v) is 2.19. The highest BCUT2D eigenvalue weighted by Crippen LogP contribution is 2.21. The summed E-state index contributed by atoms with van der Waals surface area (Å²) in [6, 6.07) is 6.15. The molecular weight excluding hydrogens is 224 g/mol. The molecule has 0 saturated carbocycles. The van der Waals surface area contributed by atoms with Crippen molar-refractivity contribution in [1.29, 1.82) is 0 Å². The van der Waals surface area contributed by atoms with Gasteiger partial charge in [-0.2, -0.15) is 0 Å². The van der Waals surface area contributed by atoms with Crippen molar-refractivity contribution < 1.29 is 4.92 Å². The Morgan fingerprint density at radius 3 is 3.00 bits per heavy atom. The summed E-state index contributed by atoms with van der Waals surface area (Å²) in [6.45, 7) is 0.859. The van der Waals surface area contributed by atoms with Crippen LogP contribution in [0.4, 0.5) is 5.69 Å². The van der Waals surface area contributed by atoms with Gasteiger partial charge in [-0.3, -0.25) is 10.1 Å². The molecule has 1 aromatic carbocycles. The van der Waals surface area contributed by atoms with E-state index >= 15 is 0 Å². The standard InChI is InChI=1S/C9H10N6O2/c10-4-5-14-9(11-12-13-14)7-2-1-3-8(6-7)15(16)17/h1-3,6H,4-5,10H2. The molecule has 0 amide bonds. The quantitative estimate of drug-likeness (QED) is 0.597. The molecular formula is C9H10N6O2. The predicted octanol–water partition coefficient (Wildman–Crippen LogP) is 0.207. The Labute approximate surface area is 96.2 Å². The molecule has 8 heteroatoms. The van der Waals surface area contributed by atoms with Crippen LogP contribution >= 0.6 is 0 Å². The van der Waals surface area contributed by atoms with Crippen LogP contribution in [0.3, 0.4) is 0 Å². The summed E-state index contributed by atoms with van der Waals surface area (Å²) in [5, 5.41) is 21.8. The van der Waals surface area contributed by atoms with Gasteiger partial charge in [0, 0.05) is 24.2 Å². The van der Waals surface area contributed by atoms with Crippen LogP contribution in [-0.2, 0) is 6.54 Å². The number of non-ortho nitro benzene ring substituents is 1. The van der Waals surface area contributed by atoms with Gasteiger partial charge in [0.15, 0.2) is 5.82 Å². The molecule has 0 atom stereocenters. The van der Waals surface area contributed by atoms with E-state index in [-0.39, 0.29) is 5.69 Å². The van der Waals surface area contributed by atoms with E-state index in [1.165, 1.54) is 16.8 Å². The summed E-state index contributed by atoms with van der Waals surface area (Å²) in [5.41, 5.74) is 6.02. The second kappa shape index (κ2) is 4.66. The van der Waals surface area contributed by atoms with Crippen molar-refractivity contribution in [3.05, 3.63) is 34.4 Å². The molecule has 17 heavy (non-hydrogen) atoms. The Morgan fingerprint density at radius 1 is 1.47 bits per heavy atom. The van der Waals surface area contributed by atoms with Crippen molar-refractivity contribution in [3.63, 3.8) is 0 Å². The van der Waals surface area contributed by atoms with Crippen LogP contribution in [0.1, 0.15) is 0 Å². The van der Waals surface area contributed by atoms with Gasteiger partial charge in [0.25, 0.3) is 5.69 Å². The molecule has 2 aromatic rings. The first-order valence-corrected chi connectivity index (χ1v) is 4.93. The average Bonchev–Trinajstić information content (AvgIpc) is 2.78. The maximum absolute atomic E-state index is 10.7. The van der Waals surface area contributed by atoms with Crippen LogP contribution in [0.25, 0.3) is 11.4 Å². The second-order valence-corrected chi connectivity index (χ2v) is 3.32. The number of nitro groups is 1. The molecule has 0 aliphatic rings. The Hall–Kier alpha value is -2.35. The van der Waals surface area contributed by atoms with Gasteiger partial charge in [0.2, 0.25) is 0 Å². The highest BCUT2D eigenvalue weighted by atomic mass is 16.6. The smallest absolute Gasteiger partial charge is 0.270 e. The summed E-state index contributed by atoms with van der Waals surface area (Å²) >= 11 is 0. The monoisotopic (exact) mass is 234 g/mol. The SMILES string of the molecule is NCCn1nnnc1-c1cccc([N+](=O)[O-])c1. The molecule has 2 rings (SSSR count). The maximum atomic E-state index is 10.7. The van der Waals surface area contributed by atoms with Crippen LogP contribution in [0.5, 0.6) is 0 Å². The van der Waals surface area contributed by atoms with Crippen molar-refractivity contribution in [2.45, 2.75) is 6.54 Å². The molecule has 0 bridgehead atoms. The Bertz CT molecular complexity index is 538. The number of tetrazole rings is 1. The topological polar surface area (TPSA) is 113 Å². The van der Waals surface area contributed by atoms with Gasteiger partial charge < -0.3 is 5.73 Å². The largest absolute Gasteiger partial charge is 0.329 e. The summed E-state index contributed by atoms with van der Waals surface area (Å²) in [4.78, 5) is 10.2. The number of benzene rings is 1. The summed E-state index contributed by atoms with van der Waals surface area (Å²) in [7, 11) is 0. The highest BCUT2D eigenvalue weighted by Gasteiger charge is 2.12. The number of rotatable bonds is 4. The summed E-state index contributed by atoms with van der Waals surface area (Å²) < 4.78 is 1.51. The van der Waals surface area contributed by atoms with Gasteiger partial charge in [0.1, 0.15) is 0 Å². The molecule has 8 nitrogen and oxygen atoms in total. The van der Waals surface area contributed by atoms with Crippen LogP contribution < -0.4 is 5.73 Å². The molecule has 0 spiro atoms. The van der Waals surface area contributed by atoms with Gasteiger partial charge in [-0.1, -0.05) is 12.1 Å². The first-order valence-electron chi connectivity index (χ1n) is 4.93. The first kappa shape index (κ1) is 11.1. The summed E-state index contributed by atoms with van der Waals surface area (Å²) in [6.07, 6.45) is 0. The third kappa shape index (κ3) is 2.26. The zero-order chi connectivity index (χ0) is 12.3. The first-order chi connectivity index (χ1) is 8.22. The van der Waals surface area contributed by atoms with Crippen LogP contribution in [0.15, 0.2) is 24.3 Å². The number of hydrogen-bond donors (Lipinski definition) is 1. The second-order valence-electron chi connectivity index (χ2n) is 3.32. The minimum absolute atomic E-state index is 0.00444. The van der Waals surface area contributed by atoms with Gasteiger partial charge in [-0.05, 0) is 10.4 Å². The minimum Gasteiger partial charge on any atom is -0.329 e. The molecule has 0 radical (unpaired) electrons.